The third kappa shape index (κ3) is 5.93. The van der Waals surface area contributed by atoms with Crippen molar-refractivity contribution in [3.8, 4) is 0 Å². The van der Waals surface area contributed by atoms with Gasteiger partial charge in [0.05, 0.1) is 0 Å². The number of likely N-dealkylation sites (tertiary alicyclic amines) is 1. The number of hydrogen-bond acceptors (Lipinski definition) is 4. The smallest absolute Gasteiger partial charge is 0.315 e. The van der Waals surface area contributed by atoms with Crippen LogP contribution in [0.1, 0.15) is 43.7 Å². The highest BCUT2D eigenvalue weighted by atomic mass is 16.2. The van der Waals surface area contributed by atoms with E-state index in [2.05, 4.69) is 62.7 Å². The van der Waals surface area contributed by atoms with Crippen LogP contribution >= 0.6 is 0 Å². The number of rotatable bonds is 7. The predicted molar refractivity (Wildman–Crippen MR) is 117 cm³/mol. The maximum absolute atomic E-state index is 12.3. The van der Waals surface area contributed by atoms with Crippen LogP contribution in [0.4, 0.5) is 4.79 Å². The van der Waals surface area contributed by atoms with Gasteiger partial charge in [0.1, 0.15) is 0 Å². The Kier molecular flexibility index (Phi) is 7.06. The molecule has 1 saturated carbocycles. The van der Waals surface area contributed by atoms with Gasteiger partial charge in [0.25, 0.3) is 0 Å². The highest BCUT2D eigenvalue weighted by molar-refractivity contribution is 5.74. The van der Waals surface area contributed by atoms with Crippen molar-refractivity contribution in [1.82, 2.24) is 25.3 Å². The normalized spacial score (nSPS) is 25.1. The topological polar surface area (TPSA) is 50.9 Å². The number of amides is 2. The molecule has 1 aromatic rings. The quantitative estimate of drug-likeness (QED) is 0.691. The van der Waals surface area contributed by atoms with E-state index in [4.69, 9.17) is 0 Å². The van der Waals surface area contributed by atoms with E-state index < -0.39 is 0 Å². The predicted octanol–water partition coefficient (Wildman–Crippen LogP) is 2.29. The minimum absolute atomic E-state index is 0.00728. The van der Waals surface area contributed by atoms with Crippen molar-refractivity contribution in [2.24, 2.45) is 0 Å². The Bertz CT molecular complexity index is 642. The monoisotopic (exact) mass is 399 g/mol. The second kappa shape index (κ2) is 9.92. The van der Waals surface area contributed by atoms with Crippen LogP contribution in [-0.2, 0) is 0 Å². The SMILES string of the molecule is CN1CCN(CCCNC(=O)NC2CCN(C3CC3)CC2)C(c2ccccc2)C1. The van der Waals surface area contributed by atoms with Crippen molar-refractivity contribution < 1.29 is 4.79 Å². The molecule has 6 heteroatoms. The molecule has 29 heavy (non-hydrogen) atoms. The van der Waals surface area contributed by atoms with Crippen LogP contribution in [0, 0.1) is 0 Å². The molecule has 0 radical (unpaired) electrons. The summed E-state index contributed by atoms with van der Waals surface area (Å²) in [6.45, 7) is 7.30. The molecule has 2 heterocycles. The number of nitrogens with zero attached hydrogens (tertiary/aromatic N) is 3. The first-order valence-electron chi connectivity index (χ1n) is 11.4. The summed E-state index contributed by atoms with van der Waals surface area (Å²) in [5, 5.41) is 6.26. The van der Waals surface area contributed by atoms with E-state index in [1.54, 1.807) is 0 Å². The van der Waals surface area contributed by atoms with E-state index in [1.165, 1.54) is 18.4 Å². The summed E-state index contributed by atoms with van der Waals surface area (Å²) in [7, 11) is 2.20. The summed E-state index contributed by atoms with van der Waals surface area (Å²) in [5.41, 5.74) is 1.39. The van der Waals surface area contributed by atoms with Crippen LogP contribution in [-0.4, -0.2) is 85.7 Å². The number of likely N-dealkylation sites (N-methyl/N-ethyl adjacent to an activating group) is 1. The van der Waals surface area contributed by atoms with E-state index in [1.807, 2.05) is 0 Å². The van der Waals surface area contributed by atoms with Gasteiger partial charge < -0.3 is 20.4 Å². The summed E-state index contributed by atoms with van der Waals surface area (Å²) in [6.07, 6.45) is 5.91. The minimum atomic E-state index is 0.00728. The molecule has 2 saturated heterocycles. The lowest BCUT2D eigenvalue weighted by atomic mass is 10.0. The number of piperidine rings is 1. The van der Waals surface area contributed by atoms with Crippen molar-refractivity contribution in [2.75, 3.05) is 52.9 Å². The third-order valence-corrected chi connectivity index (χ3v) is 6.71. The number of nitrogens with one attached hydrogen (secondary N) is 2. The summed E-state index contributed by atoms with van der Waals surface area (Å²) in [5.74, 6) is 0. The lowest BCUT2D eigenvalue weighted by Gasteiger charge is -2.40. The fourth-order valence-corrected chi connectivity index (χ4v) is 4.79. The second-order valence-corrected chi connectivity index (χ2v) is 9.02. The van der Waals surface area contributed by atoms with Gasteiger partial charge in [-0.1, -0.05) is 30.3 Å². The Labute approximate surface area is 175 Å². The first-order valence-corrected chi connectivity index (χ1v) is 11.4. The number of carbonyl (C=O) groups excluding carboxylic acids is 1. The minimum Gasteiger partial charge on any atom is -0.338 e. The van der Waals surface area contributed by atoms with Gasteiger partial charge >= 0.3 is 6.03 Å². The van der Waals surface area contributed by atoms with Crippen LogP contribution in [0.15, 0.2) is 30.3 Å². The van der Waals surface area contributed by atoms with Crippen LogP contribution < -0.4 is 10.6 Å². The van der Waals surface area contributed by atoms with Gasteiger partial charge in [-0.25, -0.2) is 4.79 Å². The molecular formula is C23H37N5O. The molecule has 3 fully saturated rings. The second-order valence-electron chi connectivity index (χ2n) is 9.02. The summed E-state index contributed by atoms with van der Waals surface area (Å²) in [4.78, 5) is 19.8. The first kappa shape index (κ1) is 20.6. The third-order valence-electron chi connectivity index (χ3n) is 6.71. The molecule has 0 spiro atoms. The molecule has 1 unspecified atom stereocenters. The molecule has 1 aliphatic carbocycles. The van der Waals surface area contributed by atoms with Crippen molar-refractivity contribution in [3.05, 3.63) is 35.9 Å². The molecule has 0 bridgehead atoms. The number of hydrogen-bond donors (Lipinski definition) is 2. The number of benzene rings is 1. The molecule has 1 aromatic carbocycles. The molecular weight excluding hydrogens is 362 g/mol. The zero-order valence-corrected chi connectivity index (χ0v) is 17.9. The number of carbonyl (C=O) groups is 1. The molecule has 2 N–H and O–H groups in total. The maximum Gasteiger partial charge on any atom is 0.315 e. The molecule has 2 aliphatic heterocycles. The Balaban J connectivity index is 1.15. The highest BCUT2D eigenvalue weighted by Gasteiger charge is 2.32. The zero-order chi connectivity index (χ0) is 20.1. The molecule has 0 aromatic heterocycles. The van der Waals surface area contributed by atoms with E-state index in [9.17, 15) is 4.79 Å². The highest BCUT2D eigenvalue weighted by Crippen LogP contribution is 2.29. The van der Waals surface area contributed by atoms with Gasteiger partial charge in [-0.05, 0) is 44.7 Å². The standard InChI is InChI=1S/C23H37N5O/c1-26-16-17-28(22(18-26)19-6-3-2-4-7-19)13-5-12-24-23(29)25-20-10-14-27(15-11-20)21-8-9-21/h2-4,6-7,20-22H,5,8-18H2,1H3,(H2,24,25,29). The van der Waals surface area contributed by atoms with Crippen molar-refractivity contribution in [2.45, 2.75) is 50.2 Å². The summed E-state index contributed by atoms with van der Waals surface area (Å²) < 4.78 is 0. The van der Waals surface area contributed by atoms with Crippen LogP contribution in [0.5, 0.6) is 0 Å². The number of piperazine rings is 1. The molecule has 1 atom stereocenters. The van der Waals surface area contributed by atoms with Gasteiger partial charge in [-0.15, -0.1) is 0 Å². The van der Waals surface area contributed by atoms with E-state index in [-0.39, 0.29) is 6.03 Å². The lowest BCUT2D eigenvalue weighted by molar-refractivity contribution is 0.0889. The first-order chi connectivity index (χ1) is 14.2. The molecule has 4 rings (SSSR count). The van der Waals surface area contributed by atoms with Crippen molar-refractivity contribution in [3.63, 3.8) is 0 Å². The molecule has 160 valence electrons. The maximum atomic E-state index is 12.3. The van der Waals surface area contributed by atoms with E-state index in [0.717, 1.165) is 71.1 Å². The molecule has 2 amide bonds. The van der Waals surface area contributed by atoms with Crippen LogP contribution in [0.3, 0.4) is 0 Å². The average Bonchev–Trinajstić information content (AvgIpc) is 3.59. The van der Waals surface area contributed by atoms with Gasteiger partial charge in [-0.3, -0.25) is 4.90 Å². The molecule has 6 nitrogen and oxygen atoms in total. The summed E-state index contributed by atoms with van der Waals surface area (Å²) >= 11 is 0. The van der Waals surface area contributed by atoms with Gasteiger partial charge in [0.2, 0.25) is 0 Å². The Morgan fingerprint density at radius 3 is 2.52 bits per heavy atom. The van der Waals surface area contributed by atoms with Gasteiger partial charge in [-0.2, -0.15) is 0 Å². The Morgan fingerprint density at radius 2 is 1.79 bits per heavy atom. The summed E-state index contributed by atoms with van der Waals surface area (Å²) in [6, 6.07) is 12.4. The lowest BCUT2D eigenvalue weighted by Crippen LogP contribution is -2.49. The molecule has 3 aliphatic rings. The van der Waals surface area contributed by atoms with E-state index in [0.29, 0.717) is 12.1 Å². The Hall–Kier alpha value is -1.63. The van der Waals surface area contributed by atoms with Crippen LogP contribution in [0.25, 0.3) is 0 Å². The largest absolute Gasteiger partial charge is 0.338 e. The fourth-order valence-electron chi connectivity index (χ4n) is 4.79. The van der Waals surface area contributed by atoms with Crippen molar-refractivity contribution >= 4 is 6.03 Å². The fraction of sp³-hybridized carbons (Fsp3) is 0.696. The Morgan fingerprint density at radius 1 is 1.03 bits per heavy atom. The zero-order valence-electron chi connectivity index (χ0n) is 17.9. The average molecular weight is 400 g/mol. The van der Waals surface area contributed by atoms with E-state index >= 15 is 0 Å². The van der Waals surface area contributed by atoms with Crippen LogP contribution in [0.2, 0.25) is 0 Å². The van der Waals surface area contributed by atoms with Crippen molar-refractivity contribution in [1.29, 1.82) is 0 Å². The van der Waals surface area contributed by atoms with Gasteiger partial charge in [0, 0.05) is 63.9 Å². The van der Waals surface area contributed by atoms with Gasteiger partial charge in [0.15, 0.2) is 0 Å². The number of urea groups is 1.